The molecule has 1 aromatic rings. The standard InChI is InChI=1S/C6H8N2.C2H2O4.FH/c7-8-6-4-2-1-3-5-6;3-1(4)2(5)6;/h1-5,8H,7H2;(H,3,4)(H,5,6);1H. The van der Waals surface area contributed by atoms with Gasteiger partial charge < -0.3 is 15.6 Å². The normalized spacial score (nSPS) is 7.53. The number of benzene rings is 1. The van der Waals surface area contributed by atoms with Crippen LogP contribution in [0.25, 0.3) is 0 Å². The number of hydrogen-bond acceptors (Lipinski definition) is 4. The van der Waals surface area contributed by atoms with E-state index in [1.807, 2.05) is 30.3 Å². The molecule has 0 aliphatic heterocycles. The number of rotatable bonds is 1. The highest BCUT2D eigenvalue weighted by atomic mass is 19.0. The smallest absolute Gasteiger partial charge is 0.414 e. The van der Waals surface area contributed by atoms with Crippen molar-refractivity contribution in [3.8, 4) is 0 Å². The number of carboxylic acids is 2. The van der Waals surface area contributed by atoms with Gasteiger partial charge in [-0.15, -0.1) is 0 Å². The first kappa shape index (κ1) is 15.3. The number of nitrogens with two attached hydrogens (primary N) is 1. The molecule has 0 saturated heterocycles. The molecule has 0 saturated carbocycles. The largest absolute Gasteiger partial charge is 0.473 e. The van der Waals surface area contributed by atoms with Crippen molar-refractivity contribution in [3.05, 3.63) is 30.3 Å². The van der Waals surface area contributed by atoms with E-state index >= 15 is 0 Å². The van der Waals surface area contributed by atoms with Crippen LogP contribution in [0.15, 0.2) is 30.3 Å². The lowest BCUT2D eigenvalue weighted by molar-refractivity contribution is -0.159. The molecule has 0 bridgehead atoms. The number of carbonyl (C=O) groups is 2. The van der Waals surface area contributed by atoms with Gasteiger partial charge in [-0.1, -0.05) is 18.2 Å². The van der Waals surface area contributed by atoms with Crippen LogP contribution in [0.5, 0.6) is 0 Å². The molecule has 6 nitrogen and oxygen atoms in total. The summed E-state index contributed by atoms with van der Waals surface area (Å²) in [5.74, 6) is 1.45. The van der Waals surface area contributed by atoms with Crippen LogP contribution in [0.3, 0.4) is 0 Å². The van der Waals surface area contributed by atoms with Crippen molar-refractivity contribution < 1.29 is 24.5 Å². The summed E-state index contributed by atoms with van der Waals surface area (Å²) in [6, 6.07) is 9.60. The summed E-state index contributed by atoms with van der Waals surface area (Å²) in [6.07, 6.45) is 0. The van der Waals surface area contributed by atoms with Crippen LogP contribution in [0, 0.1) is 0 Å². The van der Waals surface area contributed by atoms with Gasteiger partial charge in [-0.3, -0.25) is 10.5 Å². The zero-order valence-corrected chi connectivity index (χ0v) is 7.58. The quantitative estimate of drug-likeness (QED) is 0.306. The van der Waals surface area contributed by atoms with E-state index in [1.54, 1.807) is 0 Å². The van der Waals surface area contributed by atoms with Crippen LogP contribution in [-0.4, -0.2) is 22.2 Å². The average molecular weight is 218 g/mol. The lowest BCUT2D eigenvalue weighted by Gasteiger charge is -1.94. The number of nitrogens with one attached hydrogen (secondary N) is 1. The van der Waals surface area contributed by atoms with Crippen LogP contribution >= 0.6 is 0 Å². The highest BCUT2D eigenvalue weighted by Gasteiger charge is 2.04. The van der Waals surface area contributed by atoms with Gasteiger partial charge in [-0.05, 0) is 12.1 Å². The van der Waals surface area contributed by atoms with E-state index < -0.39 is 11.9 Å². The number of carboxylic acid groups (broad SMARTS) is 2. The molecule has 84 valence electrons. The van der Waals surface area contributed by atoms with E-state index in [9.17, 15) is 0 Å². The van der Waals surface area contributed by atoms with Gasteiger partial charge in [0.05, 0.1) is 0 Å². The second-order valence-electron chi connectivity index (χ2n) is 2.12. The molecule has 0 atom stereocenters. The number of hydrazine groups is 1. The minimum absolute atomic E-state index is 0. The Labute approximate surface area is 84.7 Å². The predicted molar refractivity (Wildman–Crippen MR) is 52.0 cm³/mol. The molecule has 0 aliphatic rings. The fourth-order valence-corrected chi connectivity index (χ4v) is 0.534. The molecule has 0 spiro atoms. The third kappa shape index (κ3) is 8.19. The van der Waals surface area contributed by atoms with Crippen LogP contribution in [-0.2, 0) is 9.59 Å². The van der Waals surface area contributed by atoms with Gasteiger partial charge >= 0.3 is 11.9 Å². The molecule has 0 aliphatic carbocycles. The van der Waals surface area contributed by atoms with Gasteiger partial charge in [-0.25, -0.2) is 9.59 Å². The SMILES string of the molecule is F.NNc1ccccc1.O=C(O)C(=O)O. The van der Waals surface area contributed by atoms with Gasteiger partial charge in [0.25, 0.3) is 0 Å². The molecular formula is C8H11FN2O4. The molecule has 7 heteroatoms. The first-order valence-corrected chi connectivity index (χ1v) is 3.55. The Morgan fingerprint density at radius 2 is 1.47 bits per heavy atom. The van der Waals surface area contributed by atoms with Gasteiger partial charge in [0.2, 0.25) is 0 Å². The van der Waals surface area contributed by atoms with Crippen LogP contribution in [0.1, 0.15) is 0 Å². The Morgan fingerprint density at radius 3 is 1.67 bits per heavy atom. The van der Waals surface area contributed by atoms with E-state index in [0.29, 0.717) is 0 Å². The average Bonchev–Trinajstić information content (AvgIpc) is 2.20. The third-order valence-corrected chi connectivity index (χ3v) is 1.12. The number of nitrogen functional groups attached to an aromatic ring is 1. The third-order valence-electron chi connectivity index (χ3n) is 1.12. The molecule has 0 heterocycles. The van der Waals surface area contributed by atoms with E-state index in [4.69, 9.17) is 25.6 Å². The van der Waals surface area contributed by atoms with Crippen molar-refractivity contribution in [2.75, 3.05) is 5.43 Å². The van der Waals surface area contributed by atoms with E-state index in [2.05, 4.69) is 5.43 Å². The molecule has 1 rings (SSSR count). The van der Waals surface area contributed by atoms with Crippen molar-refractivity contribution >= 4 is 17.6 Å². The number of hydrogen-bond donors (Lipinski definition) is 4. The van der Waals surface area contributed by atoms with Crippen LogP contribution in [0.4, 0.5) is 10.4 Å². The van der Waals surface area contributed by atoms with Crippen LogP contribution in [0.2, 0.25) is 0 Å². The Kier molecular flexibility index (Phi) is 8.63. The minimum atomic E-state index is -1.82. The summed E-state index contributed by atoms with van der Waals surface area (Å²) in [6.45, 7) is 0. The first-order valence-electron chi connectivity index (χ1n) is 3.55. The summed E-state index contributed by atoms with van der Waals surface area (Å²) >= 11 is 0. The van der Waals surface area contributed by atoms with E-state index in [-0.39, 0.29) is 4.70 Å². The number of aliphatic carboxylic acids is 2. The first-order chi connectivity index (χ1) is 6.57. The molecule has 0 unspecified atom stereocenters. The number of anilines is 1. The fourth-order valence-electron chi connectivity index (χ4n) is 0.534. The monoisotopic (exact) mass is 218 g/mol. The Hall–Kier alpha value is -2.15. The van der Waals surface area contributed by atoms with Gasteiger partial charge in [-0.2, -0.15) is 0 Å². The summed E-state index contributed by atoms with van der Waals surface area (Å²) in [4.78, 5) is 18.2. The maximum Gasteiger partial charge on any atom is 0.414 e. The highest BCUT2D eigenvalue weighted by Crippen LogP contribution is 2.00. The Balaban J connectivity index is 0. The number of para-hydroxylation sites is 1. The zero-order chi connectivity index (χ0) is 11.0. The molecule has 15 heavy (non-hydrogen) atoms. The van der Waals surface area contributed by atoms with E-state index in [1.165, 1.54) is 0 Å². The molecular weight excluding hydrogens is 207 g/mol. The maximum absolute atomic E-state index is 9.10. The molecule has 0 radical (unpaired) electrons. The van der Waals surface area contributed by atoms with E-state index in [0.717, 1.165) is 5.69 Å². The second-order valence-corrected chi connectivity index (χ2v) is 2.12. The van der Waals surface area contributed by atoms with Crippen LogP contribution < -0.4 is 11.3 Å². The molecule has 1 aromatic carbocycles. The summed E-state index contributed by atoms with van der Waals surface area (Å²) in [5, 5.41) is 14.8. The van der Waals surface area contributed by atoms with Gasteiger partial charge in [0.15, 0.2) is 0 Å². The van der Waals surface area contributed by atoms with Crippen molar-refractivity contribution in [1.29, 1.82) is 0 Å². The second kappa shape index (κ2) is 8.45. The number of halogens is 1. The summed E-state index contributed by atoms with van der Waals surface area (Å²) < 4.78 is 0. The molecule has 0 amide bonds. The predicted octanol–water partition coefficient (Wildman–Crippen LogP) is 0.280. The summed E-state index contributed by atoms with van der Waals surface area (Å²) in [7, 11) is 0. The van der Waals surface area contributed by atoms with Gasteiger partial charge in [0, 0.05) is 5.69 Å². The minimum Gasteiger partial charge on any atom is -0.473 e. The Morgan fingerprint density at radius 1 is 1.07 bits per heavy atom. The lowest BCUT2D eigenvalue weighted by atomic mass is 10.3. The van der Waals surface area contributed by atoms with Crippen molar-refractivity contribution in [2.24, 2.45) is 5.84 Å². The summed E-state index contributed by atoms with van der Waals surface area (Å²) in [5.41, 5.74) is 3.46. The van der Waals surface area contributed by atoms with Crippen molar-refractivity contribution in [2.45, 2.75) is 0 Å². The molecule has 0 fully saturated rings. The maximum atomic E-state index is 9.10. The fraction of sp³-hybridized carbons (Fsp3) is 0. The zero-order valence-electron chi connectivity index (χ0n) is 7.58. The molecule has 0 aromatic heterocycles. The van der Waals surface area contributed by atoms with Crippen molar-refractivity contribution in [1.82, 2.24) is 0 Å². The van der Waals surface area contributed by atoms with Crippen molar-refractivity contribution in [3.63, 3.8) is 0 Å². The molecule has 5 N–H and O–H groups in total. The highest BCUT2D eigenvalue weighted by molar-refractivity contribution is 6.27. The lowest BCUT2D eigenvalue weighted by Crippen LogP contribution is -2.09. The Bertz CT molecular complexity index is 293. The topological polar surface area (TPSA) is 113 Å². The van der Waals surface area contributed by atoms with Gasteiger partial charge in [0.1, 0.15) is 0 Å².